The lowest BCUT2D eigenvalue weighted by Gasteiger charge is -2.36. The zero-order chi connectivity index (χ0) is 21.7. The minimum absolute atomic E-state index is 0.0851. The van der Waals surface area contributed by atoms with Crippen molar-refractivity contribution in [3.05, 3.63) is 62.0 Å². The molecule has 0 aliphatic carbocycles. The van der Waals surface area contributed by atoms with Crippen molar-refractivity contribution in [1.82, 2.24) is 14.8 Å². The van der Waals surface area contributed by atoms with E-state index in [1.165, 1.54) is 22.7 Å². The molecule has 2 N–H and O–H groups in total. The van der Waals surface area contributed by atoms with Gasteiger partial charge in [-0.05, 0) is 12.5 Å². The third-order valence-corrected chi connectivity index (χ3v) is 5.65. The molecule has 8 nitrogen and oxygen atoms in total. The van der Waals surface area contributed by atoms with E-state index in [1.54, 1.807) is 0 Å². The largest absolute Gasteiger partial charge is 0.503 e. The Morgan fingerprint density at radius 3 is 2.83 bits per heavy atom. The molecule has 2 amide bonds. The number of halogens is 3. The zero-order valence-corrected chi connectivity index (χ0v) is 16.4. The molecule has 2 atom stereocenters. The van der Waals surface area contributed by atoms with Gasteiger partial charge in [-0.3, -0.25) is 14.4 Å². The third-order valence-electron chi connectivity index (χ3n) is 5.30. The number of aromatic nitrogens is 1. The molecule has 2 aromatic rings. The number of hydrogen-bond donors (Lipinski definition) is 2. The molecule has 4 rings (SSSR count). The predicted octanol–water partition coefficient (Wildman–Crippen LogP) is 1.79. The second kappa shape index (κ2) is 7.37. The minimum atomic E-state index is -1.03. The van der Waals surface area contributed by atoms with E-state index < -0.39 is 51.4 Å². The van der Waals surface area contributed by atoms with E-state index in [9.17, 15) is 28.3 Å². The first-order valence-corrected chi connectivity index (χ1v) is 9.37. The molecule has 0 bridgehead atoms. The van der Waals surface area contributed by atoms with Gasteiger partial charge in [-0.15, -0.1) is 0 Å². The monoisotopic (exact) mass is 439 g/mol. The van der Waals surface area contributed by atoms with Crippen LogP contribution in [0.3, 0.4) is 0 Å². The molecule has 0 unspecified atom stereocenters. The molecule has 0 radical (unpaired) electrons. The Morgan fingerprint density at radius 1 is 1.37 bits per heavy atom. The van der Waals surface area contributed by atoms with Gasteiger partial charge in [0.25, 0.3) is 11.8 Å². The molecule has 3 heterocycles. The number of amides is 2. The maximum Gasteiger partial charge on any atom is 0.276 e. The molecule has 0 saturated carbocycles. The Hall–Kier alpha value is -2.98. The Labute approximate surface area is 173 Å². The molecule has 30 heavy (non-hydrogen) atoms. The first-order valence-electron chi connectivity index (χ1n) is 8.99. The van der Waals surface area contributed by atoms with E-state index in [1.807, 2.05) is 0 Å². The molecule has 11 heteroatoms. The number of rotatable bonds is 3. The fourth-order valence-electron chi connectivity index (χ4n) is 3.72. The number of benzene rings is 1. The summed E-state index contributed by atoms with van der Waals surface area (Å²) in [5, 5.41) is 12.0. The SMILES string of the molecule is CN1C(=O)c2c(O)c(=O)c(C(=O)NCc3ccc(F)c(Cl)c3F)cn2[C@H]2CCO[C@H]21. The van der Waals surface area contributed by atoms with Gasteiger partial charge in [0, 0.05) is 25.4 Å². The lowest BCUT2D eigenvalue weighted by Crippen LogP contribution is -2.48. The Balaban J connectivity index is 1.67. The van der Waals surface area contributed by atoms with Crippen molar-refractivity contribution in [3.8, 4) is 5.75 Å². The molecule has 0 spiro atoms. The summed E-state index contributed by atoms with van der Waals surface area (Å²) in [6.07, 6.45) is 1.12. The smallest absolute Gasteiger partial charge is 0.276 e. The first kappa shape index (κ1) is 20.3. The minimum Gasteiger partial charge on any atom is -0.503 e. The maximum atomic E-state index is 14.0. The van der Waals surface area contributed by atoms with Crippen molar-refractivity contribution in [2.24, 2.45) is 0 Å². The summed E-state index contributed by atoms with van der Waals surface area (Å²) >= 11 is 5.52. The van der Waals surface area contributed by atoms with Crippen LogP contribution in [0.1, 0.15) is 38.9 Å². The molecule has 1 saturated heterocycles. The van der Waals surface area contributed by atoms with Gasteiger partial charge in [-0.2, -0.15) is 0 Å². The average Bonchev–Trinajstić information content (AvgIpc) is 3.21. The van der Waals surface area contributed by atoms with Gasteiger partial charge in [-0.1, -0.05) is 17.7 Å². The molecule has 2 aliphatic heterocycles. The normalized spacial score (nSPS) is 20.1. The van der Waals surface area contributed by atoms with Crippen molar-refractivity contribution >= 4 is 23.4 Å². The second-order valence-corrected chi connectivity index (χ2v) is 7.40. The van der Waals surface area contributed by atoms with Gasteiger partial charge in [0.15, 0.2) is 17.7 Å². The van der Waals surface area contributed by atoms with E-state index in [2.05, 4.69) is 5.32 Å². The number of nitrogens with one attached hydrogen (secondary N) is 1. The van der Waals surface area contributed by atoms with Crippen molar-refractivity contribution in [2.75, 3.05) is 13.7 Å². The van der Waals surface area contributed by atoms with Crippen LogP contribution in [0.15, 0.2) is 23.1 Å². The zero-order valence-electron chi connectivity index (χ0n) is 15.6. The number of nitrogens with zero attached hydrogens (tertiary/aromatic N) is 2. The molecular weight excluding hydrogens is 424 g/mol. The van der Waals surface area contributed by atoms with Crippen LogP contribution in [-0.4, -0.2) is 46.3 Å². The molecule has 1 fully saturated rings. The predicted molar refractivity (Wildman–Crippen MR) is 100 cm³/mol. The summed E-state index contributed by atoms with van der Waals surface area (Å²) in [4.78, 5) is 39.0. The Bertz CT molecular complexity index is 1140. The number of aromatic hydroxyl groups is 1. The quantitative estimate of drug-likeness (QED) is 0.710. The van der Waals surface area contributed by atoms with Crippen LogP contribution in [0.2, 0.25) is 5.02 Å². The van der Waals surface area contributed by atoms with Crippen LogP contribution < -0.4 is 10.7 Å². The van der Waals surface area contributed by atoms with Crippen LogP contribution in [0.5, 0.6) is 5.75 Å². The highest BCUT2D eigenvalue weighted by molar-refractivity contribution is 6.30. The highest BCUT2D eigenvalue weighted by Crippen LogP contribution is 2.36. The van der Waals surface area contributed by atoms with Crippen LogP contribution in [-0.2, 0) is 11.3 Å². The highest BCUT2D eigenvalue weighted by Gasteiger charge is 2.43. The second-order valence-electron chi connectivity index (χ2n) is 7.03. The van der Waals surface area contributed by atoms with Crippen LogP contribution in [0, 0.1) is 11.6 Å². The first-order chi connectivity index (χ1) is 14.2. The fourth-order valence-corrected chi connectivity index (χ4v) is 3.90. The third kappa shape index (κ3) is 3.03. The number of pyridine rings is 1. The van der Waals surface area contributed by atoms with E-state index in [0.717, 1.165) is 12.1 Å². The number of fused-ring (bicyclic) bond motifs is 3. The maximum absolute atomic E-state index is 14.0. The standard InChI is InChI=1S/C19H16ClF2N3O5/c1-24-18(29)14-16(27)15(26)9(7-25(14)11-4-5-30-19(11)24)17(28)23-6-8-2-3-10(21)12(20)13(8)22/h2-3,7,11,19,27H,4-6H2,1H3,(H,23,28)/t11-,19+/m0/s1. The number of carbonyl (C=O) groups is 2. The van der Waals surface area contributed by atoms with Gasteiger partial charge >= 0.3 is 0 Å². The van der Waals surface area contributed by atoms with Crippen molar-refractivity contribution < 1.29 is 28.2 Å². The van der Waals surface area contributed by atoms with Crippen LogP contribution >= 0.6 is 11.6 Å². The summed E-state index contributed by atoms with van der Waals surface area (Å²) in [5.74, 6) is -4.32. The average molecular weight is 440 g/mol. The summed E-state index contributed by atoms with van der Waals surface area (Å²) in [5.41, 5.74) is -1.76. The molecule has 1 aromatic heterocycles. The van der Waals surface area contributed by atoms with E-state index in [0.29, 0.717) is 13.0 Å². The molecule has 1 aromatic carbocycles. The number of carbonyl (C=O) groups excluding carboxylic acids is 2. The lowest BCUT2D eigenvalue weighted by atomic mass is 10.1. The topological polar surface area (TPSA) is 101 Å². The van der Waals surface area contributed by atoms with Crippen molar-refractivity contribution in [2.45, 2.75) is 25.2 Å². The van der Waals surface area contributed by atoms with Crippen molar-refractivity contribution in [1.29, 1.82) is 0 Å². The van der Waals surface area contributed by atoms with Gasteiger partial charge in [-0.25, -0.2) is 8.78 Å². The molecule has 158 valence electrons. The van der Waals surface area contributed by atoms with Crippen molar-refractivity contribution in [3.63, 3.8) is 0 Å². The van der Waals surface area contributed by atoms with Crippen LogP contribution in [0.4, 0.5) is 8.78 Å². The fraction of sp³-hybridized carbons (Fsp3) is 0.316. The Kier molecular flexibility index (Phi) is 4.99. The van der Waals surface area contributed by atoms with Gasteiger partial charge in [0.05, 0.1) is 12.6 Å². The van der Waals surface area contributed by atoms with E-state index in [-0.39, 0.29) is 23.8 Å². The summed E-state index contributed by atoms with van der Waals surface area (Å²) in [7, 11) is 1.50. The van der Waals surface area contributed by atoms with Crippen LogP contribution in [0.25, 0.3) is 0 Å². The number of hydrogen-bond acceptors (Lipinski definition) is 5. The lowest BCUT2D eigenvalue weighted by molar-refractivity contribution is -0.0238. The molecule has 2 aliphatic rings. The summed E-state index contributed by atoms with van der Waals surface area (Å²) < 4.78 is 34.2. The number of likely N-dealkylation sites (N-methyl/N-ethyl adjacent to an activating group) is 1. The summed E-state index contributed by atoms with van der Waals surface area (Å²) in [6.45, 7) is -0.00509. The summed E-state index contributed by atoms with van der Waals surface area (Å²) in [6, 6.07) is 1.69. The number of ether oxygens (including phenoxy) is 1. The van der Waals surface area contributed by atoms with E-state index >= 15 is 0 Å². The van der Waals surface area contributed by atoms with Gasteiger partial charge in [0.2, 0.25) is 5.43 Å². The van der Waals surface area contributed by atoms with Gasteiger partial charge < -0.3 is 24.6 Å². The molecular formula is C19H16ClF2N3O5. The van der Waals surface area contributed by atoms with Gasteiger partial charge in [0.1, 0.15) is 22.2 Å². The highest BCUT2D eigenvalue weighted by atomic mass is 35.5. The van der Waals surface area contributed by atoms with E-state index in [4.69, 9.17) is 16.3 Å². The Morgan fingerprint density at radius 2 is 2.10 bits per heavy atom.